The third-order valence-electron chi connectivity index (χ3n) is 5.69. The number of likely N-dealkylation sites (tertiary alicyclic amines) is 1. The quantitative estimate of drug-likeness (QED) is 0.398. The van der Waals surface area contributed by atoms with E-state index in [1.54, 1.807) is 21.4 Å². The molecule has 0 bridgehead atoms. The van der Waals surface area contributed by atoms with Crippen molar-refractivity contribution < 1.29 is 9.59 Å². The zero-order valence-electron chi connectivity index (χ0n) is 17.8. The van der Waals surface area contributed by atoms with Crippen LogP contribution in [0.3, 0.4) is 0 Å². The Labute approximate surface area is 208 Å². The molecule has 1 aromatic carbocycles. The molecule has 3 aromatic heterocycles. The van der Waals surface area contributed by atoms with Gasteiger partial charge in [-0.15, -0.1) is 22.7 Å². The molecule has 1 fully saturated rings. The molecular weight excluding hydrogens is 501 g/mol. The second-order valence-corrected chi connectivity index (χ2v) is 10.6. The number of carbonyl (C=O) groups is 2. The summed E-state index contributed by atoms with van der Waals surface area (Å²) in [6.45, 7) is 4.65. The maximum atomic E-state index is 13.4. The summed E-state index contributed by atoms with van der Waals surface area (Å²) in [6, 6.07) is 5.25. The Morgan fingerprint density at radius 1 is 1.24 bits per heavy atom. The Hall–Kier alpha value is -2.46. The standard InChI is InChI=1S/C22H19Cl2N5O2S2/c1-11-18(29-8-9-32-22(29)26-11)20(30)25-10-13-6-7-28(13)21(31)17-19(33-12(2)27-17)14-4-3-5-15(23)16(14)24/h3-5,8-9,13H,6-7,10H2,1-2H3,(H,25,30). The molecule has 1 saturated heterocycles. The predicted molar refractivity (Wildman–Crippen MR) is 132 cm³/mol. The van der Waals surface area contributed by atoms with Crippen LogP contribution in [0.25, 0.3) is 15.4 Å². The summed E-state index contributed by atoms with van der Waals surface area (Å²) >= 11 is 15.5. The number of carbonyl (C=O) groups excluding carboxylic acids is 2. The van der Waals surface area contributed by atoms with Crippen LogP contribution in [-0.4, -0.2) is 50.2 Å². The van der Waals surface area contributed by atoms with Crippen LogP contribution >= 0.6 is 45.9 Å². The second kappa shape index (κ2) is 8.72. The van der Waals surface area contributed by atoms with Crippen LogP contribution in [0.4, 0.5) is 0 Å². The van der Waals surface area contributed by atoms with Gasteiger partial charge in [0.25, 0.3) is 11.8 Å². The van der Waals surface area contributed by atoms with Crippen LogP contribution in [0.15, 0.2) is 29.8 Å². The molecule has 7 nitrogen and oxygen atoms in total. The van der Waals surface area contributed by atoms with Gasteiger partial charge in [-0.3, -0.25) is 14.0 Å². The molecule has 170 valence electrons. The van der Waals surface area contributed by atoms with Gasteiger partial charge < -0.3 is 10.2 Å². The lowest BCUT2D eigenvalue weighted by Crippen LogP contribution is -2.56. The molecule has 1 N–H and O–H groups in total. The molecule has 0 saturated carbocycles. The molecule has 33 heavy (non-hydrogen) atoms. The summed E-state index contributed by atoms with van der Waals surface area (Å²) in [7, 11) is 0. The van der Waals surface area contributed by atoms with Crippen molar-refractivity contribution in [1.82, 2.24) is 24.6 Å². The maximum absolute atomic E-state index is 13.4. The Balaban J connectivity index is 1.33. The number of fused-ring (bicyclic) bond motifs is 1. The van der Waals surface area contributed by atoms with E-state index in [-0.39, 0.29) is 17.9 Å². The first-order valence-corrected chi connectivity index (χ1v) is 12.7. The van der Waals surface area contributed by atoms with Crippen LogP contribution < -0.4 is 5.32 Å². The van der Waals surface area contributed by atoms with Gasteiger partial charge in [0.2, 0.25) is 0 Å². The lowest BCUT2D eigenvalue weighted by molar-refractivity contribution is 0.0451. The van der Waals surface area contributed by atoms with E-state index in [9.17, 15) is 9.59 Å². The van der Waals surface area contributed by atoms with Crippen molar-refractivity contribution in [2.24, 2.45) is 0 Å². The highest BCUT2D eigenvalue weighted by atomic mass is 35.5. The monoisotopic (exact) mass is 519 g/mol. The predicted octanol–water partition coefficient (Wildman–Crippen LogP) is 5.09. The largest absolute Gasteiger partial charge is 0.349 e. The molecule has 1 aliphatic rings. The minimum atomic E-state index is -0.200. The molecular formula is C22H19Cl2N5O2S2. The van der Waals surface area contributed by atoms with Gasteiger partial charge in [0.05, 0.1) is 31.7 Å². The molecule has 1 aliphatic heterocycles. The van der Waals surface area contributed by atoms with Gasteiger partial charge in [-0.2, -0.15) is 0 Å². The minimum Gasteiger partial charge on any atom is -0.349 e. The summed E-state index contributed by atoms with van der Waals surface area (Å²) in [6.07, 6.45) is 2.64. The van der Waals surface area contributed by atoms with E-state index in [1.165, 1.54) is 22.7 Å². The molecule has 11 heteroatoms. The van der Waals surface area contributed by atoms with Gasteiger partial charge in [0.15, 0.2) is 4.96 Å². The summed E-state index contributed by atoms with van der Waals surface area (Å²) in [5.41, 5.74) is 2.27. The van der Waals surface area contributed by atoms with Crippen molar-refractivity contribution >= 4 is 62.7 Å². The van der Waals surface area contributed by atoms with Crippen molar-refractivity contribution in [2.75, 3.05) is 13.1 Å². The number of imidazole rings is 1. The summed E-state index contributed by atoms with van der Waals surface area (Å²) in [5, 5.41) is 6.46. The van der Waals surface area contributed by atoms with Crippen molar-refractivity contribution in [3.8, 4) is 10.4 Å². The lowest BCUT2D eigenvalue weighted by Gasteiger charge is -2.40. The summed E-state index contributed by atoms with van der Waals surface area (Å²) < 4.78 is 1.79. The third kappa shape index (κ3) is 3.93. The first-order valence-electron chi connectivity index (χ1n) is 10.3. The van der Waals surface area contributed by atoms with Gasteiger partial charge in [0.1, 0.15) is 11.4 Å². The molecule has 0 aliphatic carbocycles. The molecule has 4 heterocycles. The highest BCUT2D eigenvalue weighted by molar-refractivity contribution is 7.15. The van der Waals surface area contributed by atoms with Gasteiger partial charge in [-0.05, 0) is 26.3 Å². The summed E-state index contributed by atoms with van der Waals surface area (Å²) in [4.78, 5) is 38.4. The van der Waals surface area contributed by atoms with Crippen molar-refractivity contribution in [2.45, 2.75) is 26.3 Å². The normalized spacial score (nSPS) is 15.6. The fourth-order valence-corrected chi connectivity index (χ4v) is 6.10. The van der Waals surface area contributed by atoms with Crippen molar-refractivity contribution in [1.29, 1.82) is 0 Å². The molecule has 5 rings (SSSR count). The number of thiazole rings is 2. The second-order valence-electron chi connectivity index (χ2n) is 7.76. The van der Waals surface area contributed by atoms with Crippen LogP contribution in [0.1, 0.15) is 38.1 Å². The number of hydrogen-bond donors (Lipinski definition) is 1. The Morgan fingerprint density at radius 3 is 2.82 bits per heavy atom. The minimum absolute atomic E-state index is 0.0997. The molecule has 4 aromatic rings. The maximum Gasteiger partial charge on any atom is 0.274 e. The van der Waals surface area contributed by atoms with Crippen LogP contribution in [0.5, 0.6) is 0 Å². The average Bonchev–Trinajstić information content (AvgIpc) is 3.43. The number of aromatic nitrogens is 3. The first kappa shape index (κ1) is 22.3. The smallest absolute Gasteiger partial charge is 0.274 e. The average molecular weight is 520 g/mol. The molecule has 1 unspecified atom stereocenters. The Kier molecular flexibility index (Phi) is 5.90. The van der Waals surface area contributed by atoms with Crippen molar-refractivity contribution in [3.05, 3.63) is 61.9 Å². The van der Waals surface area contributed by atoms with E-state index in [0.717, 1.165) is 16.4 Å². The summed E-state index contributed by atoms with van der Waals surface area (Å²) in [5.74, 6) is -0.370. The molecule has 0 spiro atoms. The number of rotatable bonds is 5. The van der Waals surface area contributed by atoms with Gasteiger partial charge in [0, 0.05) is 30.2 Å². The highest BCUT2D eigenvalue weighted by Gasteiger charge is 2.36. The fourth-order valence-electron chi connectivity index (χ4n) is 3.95. The van der Waals surface area contributed by atoms with Gasteiger partial charge in [-0.1, -0.05) is 35.3 Å². The molecule has 0 radical (unpaired) electrons. The first-order chi connectivity index (χ1) is 15.8. The third-order valence-corrected chi connectivity index (χ3v) is 8.27. The number of halogens is 2. The Morgan fingerprint density at radius 2 is 2.06 bits per heavy atom. The van der Waals surface area contributed by atoms with Crippen LogP contribution in [0, 0.1) is 13.8 Å². The number of hydrogen-bond acceptors (Lipinski definition) is 6. The number of nitrogens with one attached hydrogen (secondary N) is 1. The van der Waals surface area contributed by atoms with E-state index >= 15 is 0 Å². The van der Waals surface area contributed by atoms with E-state index in [0.29, 0.717) is 50.7 Å². The van der Waals surface area contributed by atoms with E-state index < -0.39 is 0 Å². The fraction of sp³-hybridized carbons (Fsp3) is 0.273. The zero-order chi connectivity index (χ0) is 23.3. The van der Waals surface area contributed by atoms with Gasteiger partial charge in [-0.25, -0.2) is 9.97 Å². The van der Waals surface area contributed by atoms with E-state index in [4.69, 9.17) is 23.2 Å². The molecule has 2 amide bonds. The van der Waals surface area contributed by atoms with Crippen LogP contribution in [-0.2, 0) is 0 Å². The number of amides is 2. The van der Waals surface area contributed by atoms with E-state index in [1.807, 2.05) is 31.5 Å². The lowest BCUT2D eigenvalue weighted by atomic mass is 10.0. The number of aryl methyl sites for hydroxylation is 2. The van der Waals surface area contributed by atoms with Crippen molar-refractivity contribution in [3.63, 3.8) is 0 Å². The van der Waals surface area contributed by atoms with Crippen LogP contribution in [0.2, 0.25) is 10.0 Å². The van der Waals surface area contributed by atoms with Gasteiger partial charge >= 0.3 is 0 Å². The highest BCUT2D eigenvalue weighted by Crippen LogP contribution is 2.39. The molecule has 1 atom stereocenters. The zero-order valence-corrected chi connectivity index (χ0v) is 20.9. The number of benzene rings is 1. The SMILES string of the molecule is Cc1nc(C(=O)N2CCC2CNC(=O)c2c(C)nc3sccn23)c(-c2cccc(Cl)c2Cl)s1. The van der Waals surface area contributed by atoms with E-state index in [2.05, 4.69) is 15.3 Å². The topological polar surface area (TPSA) is 79.6 Å². The number of nitrogens with zero attached hydrogens (tertiary/aromatic N) is 4. The Bertz CT molecular complexity index is 1390.